The molecule has 1 N–H and O–H groups in total. The van der Waals surface area contributed by atoms with Gasteiger partial charge in [0.05, 0.1) is 11.6 Å². The Morgan fingerprint density at radius 1 is 1.18 bits per heavy atom. The Labute approximate surface area is 199 Å². The number of ether oxygens (including phenoxy) is 1. The lowest BCUT2D eigenvalue weighted by Gasteiger charge is -2.27. The molecule has 6 nitrogen and oxygen atoms in total. The highest BCUT2D eigenvalue weighted by Crippen LogP contribution is 2.41. The van der Waals surface area contributed by atoms with Crippen LogP contribution in [0.2, 0.25) is 0 Å². The second kappa shape index (κ2) is 9.97. The normalized spacial score (nSPS) is 21.3. The zero-order valence-electron chi connectivity index (χ0n) is 19.9. The molecule has 2 aliphatic rings. The molecule has 0 aromatic heterocycles. The van der Waals surface area contributed by atoms with E-state index in [4.69, 9.17) is 4.74 Å². The Kier molecular flexibility index (Phi) is 7.03. The number of benzene rings is 2. The third kappa shape index (κ3) is 4.44. The van der Waals surface area contributed by atoms with Gasteiger partial charge in [-0.3, -0.25) is 9.59 Å². The first kappa shape index (κ1) is 24.0. The van der Waals surface area contributed by atoms with E-state index in [9.17, 15) is 19.1 Å². The third-order valence-electron chi connectivity index (χ3n) is 6.68. The maximum atomic E-state index is 14.9. The van der Waals surface area contributed by atoms with Crippen molar-refractivity contribution in [1.29, 1.82) is 0 Å². The summed E-state index contributed by atoms with van der Waals surface area (Å²) in [6, 6.07) is 10.3. The van der Waals surface area contributed by atoms with E-state index in [1.165, 1.54) is 11.0 Å². The van der Waals surface area contributed by atoms with E-state index in [0.29, 0.717) is 18.4 Å². The van der Waals surface area contributed by atoms with Crippen LogP contribution < -0.4 is 4.74 Å². The largest absolute Gasteiger partial charge is 0.507 e. The molecule has 34 heavy (non-hydrogen) atoms. The predicted molar refractivity (Wildman–Crippen MR) is 128 cm³/mol. The van der Waals surface area contributed by atoms with Crippen LogP contribution in [0.4, 0.5) is 4.39 Å². The van der Waals surface area contributed by atoms with Gasteiger partial charge in [0, 0.05) is 24.1 Å². The van der Waals surface area contributed by atoms with E-state index in [1.807, 2.05) is 6.92 Å². The molecule has 0 spiro atoms. The van der Waals surface area contributed by atoms with E-state index in [2.05, 4.69) is 18.7 Å². The number of carbonyl (C=O) groups is 2. The lowest BCUT2D eigenvalue weighted by molar-refractivity contribution is -0.140. The van der Waals surface area contributed by atoms with Crippen molar-refractivity contribution in [1.82, 2.24) is 9.80 Å². The summed E-state index contributed by atoms with van der Waals surface area (Å²) in [6.07, 6.45) is 1.35. The monoisotopic (exact) mass is 466 g/mol. The fourth-order valence-corrected chi connectivity index (χ4v) is 4.86. The third-order valence-corrected chi connectivity index (χ3v) is 6.68. The van der Waals surface area contributed by atoms with Gasteiger partial charge < -0.3 is 19.6 Å². The molecule has 1 saturated heterocycles. The van der Waals surface area contributed by atoms with Crippen LogP contribution in [0.1, 0.15) is 49.9 Å². The summed E-state index contributed by atoms with van der Waals surface area (Å²) in [5, 5.41) is 11.2. The number of hydrogen-bond acceptors (Lipinski definition) is 5. The Bertz CT molecular complexity index is 1130. The van der Waals surface area contributed by atoms with Gasteiger partial charge in [-0.15, -0.1) is 0 Å². The molecule has 1 amide bonds. The second-order valence-corrected chi connectivity index (χ2v) is 8.85. The van der Waals surface area contributed by atoms with Gasteiger partial charge >= 0.3 is 0 Å². The van der Waals surface area contributed by atoms with Gasteiger partial charge in [-0.2, -0.15) is 0 Å². The van der Waals surface area contributed by atoms with Crippen molar-refractivity contribution in [3.05, 3.63) is 70.5 Å². The number of Topliss-reactive ketones (excluding diaryl/α,β-unsaturated/α-hetero) is 1. The summed E-state index contributed by atoms with van der Waals surface area (Å²) >= 11 is 0. The van der Waals surface area contributed by atoms with Gasteiger partial charge in [-0.05, 0) is 62.8 Å². The average molecular weight is 467 g/mol. The first-order valence-corrected chi connectivity index (χ1v) is 11.9. The molecular weight excluding hydrogens is 435 g/mol. The summed E-state index contributed by atoms with van der Waals surface area (Å²) < 4.78 is 20.6. The highest BCUT2D eigenvalue weighted by molar-refractivity contribution is 6.46. The maximum absolute atomic E-state index is 14.9. The average Bonchev–Trinajstić information content (AvgIpc) is 3.32. The van der Waals surface area contributed by atoms with Crippen LogP contribution >= 0.6 is 0 Å². The number of amides is 1. The molecule has 2 atom stereocenters. The molecule has 2 aromatic rings. The van der Waals surface area contributed by atoms with Gasteiger partial charge in [-0.25, -0.2) is 4.39 Å². The minimum absolute atomic E-state index is 0.0298. The quantitative estimate of drug-likeness (QED) is 0.357. The Hall–Kier alpha value is -3.19. The second-order valence-electron chi connectivity index (χ2n) is 8.85. The number of nitrogens with zero attached hydrogens (tertiary/aromatic N) is 2. The van der Waals surface area contributed by atoms with Gasteiger partial charge in [0.15, 0.2) is 0 Å². The van der Waals surface area contributed by atoms with Crippen LogP contribution in [0.15, 0.2) is 48.0 Å². The fourth-order valence-electron chi connectivity index (χ4n) is 4.86. The molecule has 0 bridgehead atoms. The van der Waals surface area contributed by atoms with Crippen LogP contribution in [-0.2, 0) is 16.0 Å². The van der Waals surface area contributed by atoms with Crippen molar-refractivity contribution in [2.24, 2.45) is 0 Å². The van der Waals surface area contributed by atoms with Gasteiger partial charge in [-0.1, -0.05) is 32.0 Å². The molecule has 180 valence electrons. The molecule has 1 fully saturated rings. The minimum Gasteiger partial charge on any atom is -0.507 e. The van der Waals surface area contributed by atoms with Gasteiger partial charge in [0.1, 0.15) is 23.4 Å². The zero-order chi connectivity index (χ0) is 24.4. The summed E-state index contributed by atoms with van der Waals surface area (Å²) in [4.78, 5) is 29.8. The van der Waals surface area contributed by atoms with Crippen LogP contribution in [0.25, 0.3) is 5.76 Å². The predicted octanol–water partition coefficient (Wildman–Crippen LogP) is 4.30. The number of likely N-dealkylation sites (tertiary alicyclic amines) is 1. The van der Waals surface area contributed by atoms with Crippen molar-refractivity contribution >= 4 is 17.4 Å². The lowest BCUT2D eigenvalue weighted by atomic mass is 9.94. The lowest BCUT2D eigenvalue weighted by Crippen LogP contribution is -2.33. The molecule has 0 aliphatic carbocycles. The maximum Gasteiger partial charge on any atom is 0.295 e. The number of hydrogen-bond donors (Lipinski definition) is 1. The number of carbonyl (C=O) groups excluding carboxylic acids is 2. The Balaban J connectivity index is 1.74. The SMILES string of the molecule is CCN(CC)CCCN1C(=O)C(=O)C(=C(O)c2ccc3c(c2)C[C@@H](C)O3)[C@@H]1c1ccccc1F. The van der Waals surface area contributed by atoms with E-state index in [0.717, 1.165) is 30.9 Å². The fraction of sp³-hybridized carbons (Fsp3) is 0.407. The minimum atomic E-state index is -0.985. The molecule has 0 radical (unpaired) electrons. The van der Waals surface area contributed by atoms with Crippen molar-refractivity contribution in [2.45, 2.75) is 45.8 Å². The van der Waals surface area contributed by atoms with E-state index in [-0.39, 0.29) is 29.5 Å². The van der Waals surface area contributed by atoms with Crippen LogP contribution in [0.5, 0.6) is 5.75 Å². The van der Waals surface area contributed by atoms with Crippen molar-refractivity contribution in [3.8, 4) is 5.75 Å². The molecule has 2 heterocycles. The molecule has 2 aromatic carbocycles. The summed E-state index contributed by atoms with van der Waals surface area (Å²) in [7, 11) is 0. The van der Waals surface area contributed by atoms with E-state index >= 15 is 0 Å². The van der Waals surface area contributed by atoms with Crippen molar-refractivity contribution in [2.75, 3.05) is 26.2 Å². The number of halogens is 1. The number of aliphatic hydroxyl groups is 1. The van der Waals surface area contributed by atoms with Crippen molar-refractivity contribution in [3.63, 3.8) is 0 Å². The highest BCUT2D eigenvalue weighted by atomic mass is 19.1. The van der Waals surface area contributed by atoms with E-state index < -0.39 is 23.5 Å². The number of ketones is 1. The number of fused-ring (bicyclic) bond motifs is 1. The highest BCUT2D eigenvalue weighted by Gasteiger charge is 2.46. The van der Waals surface area contributed by atoms with Crippen LogP contribution in [-0.4, -0.2) is 58.9 Å². The summed E-state index contributed by atoms with van der Waals surface area (Å²) in [6.45, 7) is 8.89. The molecule has 4 rings (SSSR count). The number of rotatable bonds is 8. The van der Waals surface area contributed by atoms with Gasteiger partial charge in [0.2, 0.25) is 0 Å². The van der Waals surface area contributed by atoms with Gasteiger partial charge in [0.25, 0.3) is 11.7 Å². The standard InChI is InChI=1S/C27H31FN2O4/c1-4-29(5-2)13-8-14-30-24(20-9-6-7-10-21(20)28)23(26(32)27(30)33)25(31)18-11-12-22-19(16-18)15-17(3)34-22/h6-7,9-12,16-17,24,31H,4-5,8,13-15H2,1-3H3/t17-,24+/m1/s1. The Morgan fingerprint density at radius 3 is 2.62 bits per heavy atom. The summed E-state index contributed by atoms with van der Waals surface area (Å²) in [5.74, 6) is -1.58. The van der Waals surface area contributed by atoms with Crippen LogP contribution in [0.3, 0.4) is 0 Å². The molecule has 0 unspecified atom stereocenters. The molecule has 0 saturated carbocycles. The molecule has 7 heteroatoms. The van der Waals surface area contributed by atoms with E-state index in [1.54, 1.807) is 36.4 Å². The summed E-state index contributed by atoms with van der Waals surface area (Å²) in [5.41, 5.74) is 1.46. The van der Waals surface area contributed by atoms with Crippen LogP contribution in [0, 0.1) is 5.82 Å². The first-order valence-electron chi connectivity index (χ1n) is 11.9. The topological polar surface area (TPSA) is 70.1 Å². The Morgan fingerprint density at radius 2 is 1.91 bits per heavy atom. The molecular formula is C27H31FN2O4. The molecule has 2 aliphatic heterocycles. The zero-order valence-corrected chi connectivity index (χ0v) is 19.9. The van der Waals surface area contributed by atoms with Crippen molar-refractivity contribution < 1.29 is 23.8 Å². The number of aliphatic hydroxyl groups excluding tert-OH is 1. The first-order chi connectivity index (χ1) is 16.3. The smallest absolute Gasteiger partial charge is 0.295 e.